The number of nitrogens with one attached hydrogen (secondary N) is 2. The van der Waals surface area contributed by atoms with E-state index in [0.29, 0.717) is 38.0 Å². The van der Waals surface area contributed by atoms with Crippen LogP contribution in [-0.2, 0) is 25.5 Å². The molecule has 30 heavy (non-hydrogen) atoms. The molecule has 1 aromatic carbocycles. The summed E-state index contributed by atoms with van der Waals surface area (Å²) in [5, 5.41) is 15.0. The number of aliphatic carboxylic acids is 1. The van der Waals surface area contributed by atoms with Gasteiger partial charge in [-0.05, 0) is 62.9 Å². The highest BCUT2D eigenvalue weighted by Crippen LogP contribution is 2.19. The fraction of sp³-hybridized carbons (Fsp3) is 0.571. The molecule has 0 aliphatic carbocycles. The van der Waals surface area contributed by atoms with Crippen molar-refractivity contribution in [3.05, 3.63) is 29.8 Å². The first kappa shape index (κ1) is 23.6. The summed E-state index contributed by atoms with van der Waals surface area (Å²) in [7, 11) is 0. The molecule has 0 aromatic heterocycles. The van der Waals surface area contributed by atoms with Crippen LogP contribution in [-0.4, -0.2) is 60.8 Å². The summed E-state index contributed by atoms with van der Waals surface area (Å²) in [5.41, 5.74) is 6.46. The first-order chi connectivity index (χ1) is 14.4. The maximum atomic E-state index is 12.0. The van der Waals surface area contributed by atoms with Crippen molar-refractivity contribution in [1.82, 2.24) is 10.6 Å². The van der Waals surface area contributed by atoms with E-state index in [9.17, 15) is 19.5 Å². The third kappa shape index (κ3) is 8.00. The molecule has 3 atom stereocenters. The second-order valence-corrected chi connectivity index (χ2v) is 7.38. The first-order valence-corrected chi connectivity index (χ1v) is 10.2. The van der Waals surface area contributed by atoms with Crippen LogP contribution >= 0.6 is 0 Å². The topological polar surface area (TPSA) is 140 Å². The van der Waals surface area contributed by atoms with Gasteiger partial charge < -0.3 is 30.9 Å². The summed E-state index contributed by atoms with van der Waals surface area (Å²) >= 11 is 0. The van der Waals surface area contributed by atoms with Gasteiger partial charge in [-0.2, -0.15) is 0 Å². The van der Waals surface area contributed by atoms with Gasteiger partial charge >= 0.3 is 11.9 Å². The molecule has 1 aromatic rings. The van der Waals surface area contributed by atoms with Crippen LogP contribution in [0, 0.1) is 0 Å². The quantitative estimate of drug-likeness (QED) is 0.284. The average molecular weight is 421 g/mol. The second kappa shape index (κ2) is 12.1. The standard InChI is InChI=1S/C21H31N3O6/c1-14(25)30-19-9-11-23-18(19)12-15-5-7-16(8-6-15)29-13-20(26)24-17(21(27)28)4-2-3-10-22/h5-8,17-19,23H,2-4,9-13,22H2,1H3,(H,24,26)(H,27,28)/t17-,18-,19-/m1/s1. The monoisotopic (exact) mass is 421 g/mol. The number of nitrogens with two attached hydrogens (primary N) is 1. The molecule has 0 bridgehead atoms. The van der Waals surface area contributed by atoms with E-state index in [1.165, 1.54) is 6.92 Å². The molecule has 2 rings (SSSR count). The lowest BCUT2D eigenvalue weighted by atomic mass is 10.0. The highest BCUT2D eigenvalue weighted by molar-refractivity contribution is 5.84. The van der Waals surface area contributed by atoms with Gasteiger partial charge in [0, 0.05) is 13.0 Å². The van der Waals surface area contributed by atoms with Gasteiger partial charge in [-0.15, -0.1) is 0 Å². The number of benzene rings is 1. The van der Waals surface area contributed by atoms with Gasteiger partial charge in [-0.25, -0.2) is 4.79 Å². The highest BCUT2D eigenvalue weighted by atomic mass is 16.5. The van der Waals surface area contributed by atoms with Crippen LogP contribution in [0.15, 0.2) is 24.3 Å². The maximum Gasteiger partial charge on any atom is 0.326 e. The number of carbonyl (C=O) groups is 3. The fourth-order valence-corrected chi connectivity index (χ4v) is 3.41. The van der Waals surface area contributed by atoms with Gasteiger partial charge in [-0.1, -0.05) is 12.1 Å². The largest absolute Gasteiger partial charge is 0.484 e. The summed E-state index contributed by atoms with van der Waals surface area (Å²) in [6.07, 6.45) is 3.04. The van der Waals surface area contributed by atoms with Gasteiger partial charge in [0.15, 0.2) is 6.61 Å². The summed E-state index contributed by atoms with van der Waals surface area (Å²) in [4.78, 5) is 34.5. The van der Waals surface area contributed by atoms with Gasteiger partial charge in [0.05, 0.1) is 0 Å². The van der Waals surface area contributed by atoms with Crippen molar-refractivity contribution in [2.75, 3.05) is 19.7 Å². The normalized spacial score (nSPS) is 19.1. The Morgan fingerprint density at radius 2 is 2.00 bits per heavy atom. The molecule has 9 heteroatoms. The van der Waals surface area contributed by atoms with Crippen molar-refractivity contribution in [2.45, 2.75) is 57.2 Å². The van der Waals surface area contributed by atoms with Gasteiger partial charge in [0.2, 0.25) is 0 Å². The molecule has 1 saturated heterocycles. The Bertz CT molecular complexity index is 709. The number of carboxylic acids is 1. The number of amides is 1. The Kier molecular flexibility index (Phi) is 9.56. The van der Waals surface area contributed by atoms with E-state index in [4.69, 9.17) is 15.2 Å². The van der Waals surface area contributed by atoms with Crippen LogP contribution < -0.4 is 21.1 Å². The predicted molar refractivity (Wildman–Crippen MR) is 110 cm³/mol. The number of hydrogen-bond acceptors (Lipinski definition) is 7. The van der Waals surface area contributed by atoms with Gasteiger partial charge in [0.1, 0.15) is 17.9 Å². The molecule has 0 unspecified atom stereocenters. The second-order valence-electron chi connectivity index (χ2n) is 7.38. The van der Waals surface area contributed by atoms with Crippen molar-refractivity contribution in [3.8, 4) is 5.75 Å². The maximum absolute atomic E-state index is 12.0. The zero-order chi connectivity index (χ0) is 21.9. The van der Waals surface area contributed by atoms with Gasteiger partial charge in [0.25, 0.3) is 5.91 Å². The molecule has 0 radical (unpaired) electrons. The number of carbonyl (C=O) groups excluding carboxylic acids is 2. The lowest BCUT2D eigenvalue weighted by Gasteiger charge is -2.19. The Balaban J connectivity index is 1.79. The molecule has 0 saturated carbocycles. The summed E-state index contributed by atoms with van der Waals surface area (Å²) in [5.74, 6) is -1.32. The summed E-state index contributed by atoms with van der Waals surface area (Å²) in [6, 6.07) is 6.43. The zero-order valence-electron chi connectivity index (χ0n) is 17.3. The molecule has 1 fully saturated rings. The zero-order valence-corrected chi connectivity index (χ0v) is 17.3. The minimum Gasteiger partial charge on any atom is -0.484 e. The van der Waals surface area contributed by atoms with E-state index in [-0.39, 0.29) is 24.7 Å². The smallest absolute Gasteiger partial charge is 0.326 e. The van der Waals surface area contributed by atoms with Crippen LogP contribution in [0.25, 0.3) is 0 Å². The number of ether oxygens (including phenoxy) is 2. The molecular weight excluding hydrogens is 390 g/mol. The number of hydrogen-bond donors (Lipinski definition) is 4. The number of rotatable bonds is 12. The third-order valence-electron chi connectivity index (χ3n) is 4.93. The Labute approximate surface area is 176 Å². The van der Waals surface area contributed by atoms with E-state index in [2.05, 4.69) is 10.6 Å². The Hall–Kier alpha value is -2.65. The Morgan fingerprint density at radius 3 is 2.63 bits per heavy atom. The molecule has 1 heterocycles. The molecular formula is C21H31N3O6. The van der Waals surface area contributed by atoms with Crippen LogP contribution in [0.4, 0.5) is 0 Å². The lowest BCUT2D eigenvalue weighted by Crippen LogP contribution is -2.43. The summed E-state index contributed by atoms with van der Waals surface area (Å²) in [6.45, 7) is 2.44. The number of unbranched alkanes of at least 4 members (excludes halogenated alkanes) is 1. The fourth-order valence-electron chi connectivity index (χ4n) is 3.41. The van der Waals surface area contributed by atoms with Crippen molar-refractivity contribution in [1.29, 1.82) is 0 Å². The number of carboxylic acid groups (broad SMARTS) is 1. The molecule has 166 valence electrons. The highest BCUT2D eigenvalue weighted by Gasteiger charge is 2.29. The molecule has 1 aliphatic heterocycles. The SMILES string of the molecule is CC(=O)O[C@@H]1CCN[C@@H]1Cc1ccc(OCC(=O)N[C@H](CCCCN)C(=O)O)cc1. The van der Waals surface area contributed by atoms with E-state index in [1.54, 1.807) is 12.1 Å². The van der Waals surface area contributed by atoms with Crippen LogP contribution in [0.2, 0.25) is 0 Å². The van der Waals surface area contributed by atoms with Crippen LogP contribution in [0.3, 0.4) is 0 Å². The molecule has 5 N–H and O–H groups in total. The van der Waals surface area contributed by atoms with E-state index < -0.39 is 17.9 Å². The van der Waals surface area contributed by atoms with Crippen molar-refractivity contribution < 1.29 is 29.0 Å². The minimum absolute atomic E-state index is 0.0682. The predicted octanol–water partition coefficient (Wildman–Crippen LogP) is 0.600. The van der Waals surface area contributed by atoms with E-state index in [0.717, 1.165) is 18.5 Å². The van der Waals surface area contributed by atoms with Crippen LogP contribution in [0.5, 0.6) is 5.75 Å². The minimum atomic E-state index is -1.07. The molecule has 0 spiro atoms. The van der Waals surface area contributed by atoms with E-state index in [1.807, 2.05) is 12.1 Å². The Morgan fingerprint density at radius 1 is 1.27 bits per heavy atom. The van der Waals surface area contributed by atoms with Crippen molar-refractivity contribution in [2.24, 2.45) is 5.73 Å². The molecule has 1 aliphatic rings. The number of esters is 1. The average Bonchev–Trinajstić information content (AvgIpc) is 3.12. The first-order valence-electron chi connectivity index (χ1n) is 10.2. The lowest BCUT2D eigenvalue weighted by molar-refractivity contribution is -0.146. The van der Waals surface area contributed by atoms with Crippen molar-refractivity contribution in [3.63, 3.8) is 0 Å². The van der Waals surface area contributed by atoms with Crippen molar-refractivity contribution >= 4 is 17.8 Å². The van der Waals surface area contributed by atoms with Crippen LogP contribution in [0.1, 0.15) is 38.2 Å². The van der Waals surface area contributed by atoms with Gasteiger partial charge in [-0.3, -0.25) is 9.59 Å². The third-order valence-corrected chi connectivity index (χ3v) is 4.93. The summed E-state index contributed by atoms with van der Waals surface area (Å²) < 4.78 is 10.8. The van der Waals surface area contributed by atoms with E-state index >= 15 is 0 Å². The molecule has 9 nitrogen and oxygen atoms in total. The molecule has 1 amide bonds.